The van der Waals surface area contributed by atoms with Crippen LogP contribution in [0.2, 0.25) is 0 Å². The van der Waals surface area contributed by atoms with E-state index in [1.807, 2.05) is 18.3 Å². The van der Waals surface area contributed by atoms with Crippen LogP contribution >= 0.6 is 0 Å². The number of nitrogens with zero attached hydrogens (tertiary/aromatic N) is 4. The number of pyridine rings is 1. The van der Waals surface area contributed by atoms with Gasteiger partial charge in [0.1, 0.15) is 11.2 Å². The summed E-state index contributed by atoms with van der Waals surface area (Å²) in [7, 11) is -4.70. The highest BCUT2D eigenvalue weighted by Gasteiger charge is 2.31. The van der Waals surface area contributed by atoms with Crippen molar-refractivity contribution in [2.75, 3.05) is 4.90 Å². The molecular formula is C23H25N5O8S. The van der Waals surface area contributed by atoms with Crippen LogP contribution in [0, 0.1) is 10.1 Å². The van der Waals surface area contributed by atoms with Crippen LogP contribution in [0.25, 0.3) is 5.65 Å². The molecule has 3 aromatic rings. The molecule has 2 aromatic heterocycles. The summed E-state index contributed by atoms with van der Waals surface area (Å²) in [5.41, 5.74) is 0.107. The first-order valence-electron chi connectivity index (χ1n) is 11.3. The molecule has 1 aliphatic rings. The van der Waals surface area contributed by atoms with Crippen LogP contribution < -0.4 is 9.62 Å². The van der Waals surface area contributed by atoms with Gasteiger partial charge >= 0.3 is 12.2 Å². The number of carbonyl (C=O) groups excluding carboxylic acids is 1. The second-order valence-electron chi connectivity index (χ2n) is 9.62. The van der Waals surface area contributed by atoms with Gasteiger partial charge in [0.05, 0.1) is 22.8 Å². The van der Waals surface area contributed by atoms with E-state index >= 15 is 0 Å². The minimum atomic E-state index is -4.70. The van der Waals surface area contributed by atoms with Crippen LogP contribution in [0.15, 0.2) is 47.6 Å². The highest BCUT2D eigenvalue weighted by molar-refractivity contribution is 7.90. The van der Waals surface area contributed by atoms with Crippen molar-refractivity contribution in [1.29, 1.82) is 0 Å². The van der Waals surface area contributed by atoms with Crippen LogP contribution in [0.1, 0.15) is 50.8 Å². The fourth-order valence-electron chi connectivity index (χ4n) is 3.73. The van der Waals surface area contributed by atoms with E-state index in [0.717, 1.165) is 35.9 Å². The van der Waals surface area contributed by atoms with E-state index in [1.54, 1.807) is 15.3 Å². The summed E-state index contributed by atoms with van der Waals surface area (Å²) in [5.74, 6) is 0.519. The zero-order valence-corrected chi connectivity index (χ0v) is 21.1. The topological polar surface area (TPSA) is 173 Å². The summed E-state index contributed by atoms with van der Waals surface area (Å²) in [6, 6.07) is 6.60. The Bertz CT molecular complexity index is 1510. The molecule has 2 heterocycles. The number of fused-ring (bicyclic) bond motifs is 1. The van der Waals surface area contributed by atoms with E-state index < -0.39 is 43.3 Å². The normalized spacial score (nSPS) is 13.8. The van der Waals surface area contributed by atoms with Crippen LogP contribution in [0.5, 0.6) is 0 Å². The predicted molar refractivity (Wildman–Crippen MR) is 131 cm³/mol. The van der Waals surface area contributed by atoms with E-state index in [9.17, 15) is 33.2 Å². The highest BCUT2D eigenvalue weighted by atomic mass is 32.2. The van der Waals surface area contributed by atoms with E-state index in [1.165, 1.54) is 26.3 Å². The molecule has 1 fully saturated rings. The number of ether oxygens (including phenoxy) is 1. The van der Waals surface area contributed by atoms with Crippen molar-refractivity contribution in [3.05, 3.63) is 64.1 Å². The van der Waals surface area contributed by atoms with Gasteiger partial charge in [0, 0.05) is 18.5 Å². The van der Waals surface area contributed by atoms with Crippen molar-refractivity contribution < 1.29 is 32.8 Å². The second kappa shape index (κ2) is 9.35. The van der Waals surface area contributed by atoms with Crippen LogP contribution in [0.4, 0.5) is 21.0 Å². The first-order chi connectivity index (χ1) is 17.2. The lowest BCUT2D eigenvalue weighted by molar-refractivity contribution is -0.387. The average molecular weight is 532 g/mol. The number of nitro benzene ring substituents is 1. The predicted octanol–water partition coefficient (Wildman–Crippen LogP) is 4.02. The maximum Gasteiger partial charge on any atom is 0.421 e. The highest BCUT2D eigenvalue weighted by Crippen LogP contribution is 2.40. The Morgan fingerprint density at radius 2 is 1.95 bits per heavy atom. The molecule has 4 rings (SSSR count). The minimum Gasteiger partial charge on any atom is -0.465 e. The quantitative estimate of drug-likeness (QED) is 0.337. The number of hydrogen-bond donors (Lipinski definition) is 2. The van der Waals surface area contributed by atoms with Crippen molar-refractivity contribution in [2.24, 2.45) is 0 Å². The second-order valence-corrected chi connectivity index (χ2v) is 11.3. The van der Waals surface area contributed by atoms with Crippen molar-refractivity contribution in [3.63, 3.8) is 0 Å². The molecule has 0 aliphatic heterocycles. The van der Waals surface area contributed by atoms with Crippen LogP contribution in [-0.2, 0) is 21.3 Å². The van der Waals surface area contributed by atoms with Gasteiger partial charge in [-0.3, -0.25) is 15.0 Å². The third-order valence-electron chi connectivity index (χ3n) is 5.48. The number of imidazole rings is 1. The molecule has 0 saturated heterocycles. The van der Waals surface area contributed by atoms with Crippen LogP contribution in [0.3, 0.4) is 0 Å². The van der Waals surface area contributed by atoms with Gasteiger partial charge < -0.3 is 14.2 Å². The van der Waals surface area contributed by atoms with Crippen molar-refractivity contribution in [3.8, 4) is 0 Å². The third kappa shape index (κ3) is 5.97. The fraction of sp³-hybridized carbons (Fsp3) is 0.348. The maximum atomic E-state index is 12.7. The molecule has 13 nitrogen and oxygen atoms in total. The number of sulfonamides is 1. The summed E-state index contributed by atoms with van der Waals surface area (Å²) >= 11 is 0. The first kappa shape index (κ1) is 25.9. The van der Waals surface area contributed by atoms with Crippen LogP contribution in [-0.4, -0.2) is 45.6 Å². The number of benzene rings is 1. The van der Waals surface area contributed by atoms with Gasteiger partial charge in [-0.05, 0) is 63.3 Å². The Balaban J connectivity index is 1.63. The zero-order valence-electron chi connectivity index (χ0n) is 20.2. The van der Waals surface area contributed by atoms with Gasteiger partial charge in [0.15, 0.2) is 4.90 Å². The lowest BCUT2D eigenvalue weighted by atomic mass is 10.2. The molecule has 196 valence electrons. The SMILES string of the molecule is CC(C)(C)OC(=O)NS(=O)(=O)c1ccc(N(Cc2cn3cc(C4CC4)ccc3n2)C(=O)O)cc1[N+](=O)[O-]. The number of carbonyl (C=O) groups is 2. The molecule has 1 aromatic carbocycles. The molecular weight excluding hydrogens is 506 g/mol. The Hall–Kier alpha value is -4.20. The summed E-state index contributed by atoms with van der Waals surface area (Å²) in [6.45, 7) is 4.32. The Morgan fingerprint density at radius 1 is 1.24 bits per heavy atom. The van der Waals surface area contributed by atoms with Gasteiger partial charge in [-0.25, -0.2) is 27.7 Å². The number of rotatable bonds is 7. The summed E-state index contributed by atoms with van der Waals surface area (Å²) in [4.78, 5) is 39.1. The van der Waals surface area contributed by atoms with E-state index in [4.69, 9.17) is 4.74 Å². The van der Waals surface area contributed by atoms with E-state index in [2.05, 4.69) is 4.98 Å². The van der Waals surface area contributed by atoms with Crippen molar-refractivity contribution in [1.82, 2.24) is 14.1 Å². The van der Waals surface area contributed by atoms with Gasteiger partial charge in [-0.2, -0.15) is 0 Å². The lowest BCUT2D eigenvalue weighted by Gasteiger charge is -2.20. The number of nitro groups is 1. The third-order valence-corrected chi connectivity index (χ3v) is 6.84. The van der Waals surface area contributed by atoms with Gasteiger partial charge in [-0.15, -0.1) is 0 Å². The van der Waals surface area contributed by atoms with Gasteiger partial charge in [0.2, 0.25) is 0 Å². The Morgan fingerprint density at radius 3 is 2.54 bits per heavy atom. The van der Waals surface area contributed by atoms with E-state index in [0.29, 0.717) is 17.3 Å². The number of nitrogens with one attached hydrogen (secondary N) is 1. The maximum absolute atomic E-state index is 12.7. The molecule has 0 unspecified atom stereocenters. The van der Waals surface area contributed by atoms with Gasteiger partial charge in [-0.1, -0.05) is 6.07 Å². The standard InChI is InChI=1S/C23H25N5O8S/c1-23(2,3)36-21(29)25-37(34,35)19-8-7-17(10-18(19)28(32)33)27(22(30)31)13-16-12-26-11-15(14-4-5-14)6-9-20(26)24-16/h6-12,14H,4-5,13H2,1-3H3,(H,25,29)(H,30,31). The lowest BCUT2D eigenvalue weighted by Crippen LogP contribution is -2.36. The molecule has 0 bridgehead atoms. The molecule has 0 atom stereocenters. The number of carboxylic acid groups (broad SMARTS) is 1. The van der Waals surface area contributed by atoms with Crippen molar-refractivity contribution >= 4 is 39.2 Å². The average Bonchev–Trinajstić information content (AvgIpc) is 3.54. The number of hydrogen-bond acceptors (Lipinski definition) is 8. The van der Waals surface area contributed by atoms with Crippen molar-refractivity contribution in [2.45, 2.75) is 56.6 Å². The molecule has 0 spiro atoms. The minimum absolute atomic E-state index is 0.147. The number of aromatic nitrogens is 2. The summed E-state index contributed by atoms with van der Waals surface area (Å²) in [6.07, 6.45) is 3.13. The number of anilines is 1. The Labute approximate surface area is 211 Å². The molecule has 2 amide bonds. The number of amides is 2. The largest absolute Gasteiger partial charge is 0.465 e. The molecule has 0 radical (unpaired) electrons. The fourth-order valence-corrected chi connectivity index (χ4v) is 4.76. The summed E-state index contributed by atoms with van der Waals surface area (Å²) < 4.78 is 33.7. The molecule has 1 aliphatic carbocycles. The monoisotopic (exact) mass is 531 g/mol. The smallest absolute Gasteiger partial charge is 0.421 e. The molecule has 37 heavy (non-hydrogen) atoms. The Kier molecular flexibility index (Phi) is 6.54. The summed E-state index contributed by atoms with van der Waals surface area (Å²) in [5, 5.41) is 21.5. The van der Waals surface area contributed by atoms with Gasteiger partial charge in [0.25, 0.3) is 15.7 Å². The first-order valence-corrected chi connectivity index (χ1v) is 12.7. The molecule has 2 N–H and O–H groups in total. The van der Waals surface area contributed by atoms with E-state index in [-0.39, 0.29) is 12.2 Å². The molecule has 14 heteroatoms. The molecule has 1 saturated carbocycles. The zero-order chi connectivity index (χ0) is 27.1.